The number of aromatic amines is 1. The van der Waals surface area contributed by atoms with E-state index in [2.05, 4.69) is 10.3 Å². The lowest BCUT2D eigenvalue weighted by atomic mass is 9.80. The van der Waals surface area contributed by atoms with Crippen LogP contribution in [0.25, 0.3) is 32.4 Å². The molecule has 1 saturated carbocycles. The molecule has 1 saturated heterocycles. The molecule has 0 spiro atoms. The maximum atomic E-state index is 13.5. The average Bonchev–Trinajstić information content (AvgIpc) is 3.58. The molecular weight excluding hydrogens is 532 g/mol. The summed E-state index contributed by atoms with van der Waals surface area (Å²) in [5.74, 6) is -4.77. The van der Waals surface area contributed by atoms with E-state index < -0.39 is 54.8 Å². The fraction of sp³-hybridized carbons (Fsp3) is 0.433. The number of rotatable bonds is 7. The molecule has 0 amide bonds. The highest BCUT2D eigenvalue weighted by molar-refractivity contribution is 6.14. The second-order valence-electron chi connectivity index (χ2n) is 11.1. The van der Waals surface area contributed by atoms with Crippen LogP contribution in [0.1, 0.15) is 25.5 Å². The molecule has 7 unspecified atom stereocenters. The second-order valence-corrected chi connectivity index (χ2v) is 11.1. The van der Waals surface area contributed by atoms with Crippen molar-refractivity contribution in [3.63, 3.8) is 0 Å². The van der Waals surface area contributed by atoms with Crippen molar-refractivity contribution in [2.45, 2.75) is 62.1 Å². The molecule has 11 nitrogen and oxygen atoms in total. The quantitative estimate of drug-likeness (QED) is 0.118. The van der Waals surface area contributed by atoms with Crippen LogP contribution in [-0.2, 0) is 16.1 Å². The number of esters is 1. The summed E-state index contributed by atoms with van der Waals surface area (Å²) in [6, 6.07) is 15.2. The number of carbonyl (C=O) groups excluding carboxylic acids is 1. The lowest BCUT2D eigenvalue weighted by Gasteiger charge is -2.42. The van der Waals surface area contributed by atoms with Crippen LogP contribution in [0.3, 0.4) is 0 Å². The van der Waals surface area contributed by atoms with Gasteiger partial charge < -0.3 is 50.4 Å². The zero-order valence-electron chi connectivity index (χ0n) is 22.4. The van der Waals surface area contributed by atoms with Crippen molar-refractivity contribution in [2.24, 2.45) is 5.92 Å². The van der Waals surface area contributed by atoms with E-state index in [0.717, 1.165) is 21.5 Å². The van der Waals surface area contributed by atoms with E-state index in [1.165, 1.54) is 0 Å². The Bertz CT molecular complexity index is 1620. The number of hydrogen-bond donors (Lipinski definition) is 8. The Hall–Kier alpha value is -3.13. The molecule has 2 heterocycles. The van der Waals surface area contributed by atoms with Crippen molar-refractivity contribution in [3.8, 4) is 5.75 Å². The summed E-state index contributed by atoms with van der Waals surface area (Å²) in [7, 11) is 0. The van der Waals surface area contributed by atoms with E-state index in [4.69, 9.17) is 9.47 Å². The number of aliphatic hydroxyl groups excluding tert-OH is 4. The van der Waals surface area contributed by atoms with E-state index in [1.807, 2.05) is 49.4 Å². The van der Waals surface area contributed by atoms with Crippen LogP contribution >= 0.6 is 0 Å². The lowest BCUT2D eigenvalue weighted by molar-refractivity contribution is -0.326. The molecule has 11 heteroatoms. The van der Waals surface area contributed by atoms with Gasteiger partial charge in [0.1, 0.15) is 17.8 Å². The van der Waals surface area contributed by atoms with Gasteiger partial charge >= 0.3 is 5.97 Å². The first-order valence-corrected chi connectivity index (χ1v) is 13.8. The predicted octanol–water partition coefficient (Wildman–Crippen LogP) is 0.793. The minimum absolute atomic E-state index is 0.0223. The Morgan fingerprint density at radius 2 is 1.83 bits per heavy atom. The fourth-order valence-corrected chi connectivity index (χ4v) is 6.66. The number of nitrogens with one attached hydrogen (secondary N) is 2. The molecule has 2 aliphatic rings. The van der Waals surface area contributed by atoms with Crippen molar-refractivity contribution < 1.29 is 44.9 Å². The topological polar surface area (TPSA) is 185 Å². The van der Waals surface area contributed by atoms with Gasteiger partial charge in [0.25, 0.3) is 0 Å². The number of aliphatic hydroxyl groups is 6. The Morgan fingerprint density at radius 3 is 2.51 bits per heavy atom. The molecule has 6 rings (SSSR count). The van der Waals surface area contributed by atoms with Crippen LogP contribution < -0.4 is 10.1 Å². The maximum absolute atomic E-state index is 13.5. The van der Waals surface area contributed by atoms with Gasteiger partial charge in [0.15, 0.2) is 11.9 Å². The molecule has 0 bridgehead atoms. The van der Waals surface area contributed by atoms with Gasteiger partial charge in [0.05, 0.1) is 23.2 Å². The van der Waals surface area contributed by atoms with E-state index in [1.54, 1.807) is 6.07 Å². The first kappa shape index (κ1) is 28.0. The highest BCUT2D eigenvalue weighted by Gasteiger charge is 2.70. The molecule has 4 aromatic rings. The number of hydrogen-bond acceptors (Lipinski definition) is 10. The number of aromatic nitrogens is 1. The van der Waals surface area contributed by atoms with Crippen LogP contribution in [0.2, 0.25) is 0 Å². The molecule has 1 aliphatic carbocycles. The van der Waals surface area contributed by atoms with E-state index >= 15 is 0 Å². The second kappa shape index (κ2) is 10.3. The van der Waals surface area contributed by atoms with Crippen molar-refractivity contribution in [2.75, 3.05) is 13.2 Å². The van der Waals surface area contributed by atoms with E-state index in [0.29, 0.717) is 17.4 Å². The summed E-state index contributed by atoms with van der Waals surface area (Å²) in [6.45, 7) is 1.43. The van der Waals surface area contributed by atoms with Gasteiger partial charge in [0.2, 0.25) is 5.79 Å². The van der Waals surface area contributed by atoms with Crippen molar-refractivity contribution in [3.05, 3.63) is 54.2 Å². The largest absolute Gasteiger partial charge is 0.422 e. The third-order valence-corrected chi connectivity index (χ3v) is 8.74. The Morgan fingerprint density at radius 1 is 1.10 bits per heavy atom. The van der Waals surface area contributed by atoms with Gasteiger partial charge in [-0.1, -0.05) is 37.3 Å². The van der Waals surface area contributed by atoms with Gasteiger partial charge in [-0.05, 0) is 59.1 Å². The Kier molecular flexibility index (Phi) is 7.04. The fourth-order valence-electron chi connectivity index (χ4n) is 6.66. The van der Waals surface area contributed by atoms with Gasteiger partial charge in [-0.3, -0.25) is 0 Å². The Balaban J connectivity index is 1.36. The van der Waals surface area contributed by atoms with Crippen molar-refractivity contribution in [1.82, 2.24) is 10.3 Å². The molecule has 8 N–H and O–H groups in total. The number of H-pyrrole nitrogens is 1. The number of benzene rings is 3. The van der Waals surface area contributed by atoms with Crippen molar-refractivity contribution in [1.29, 1.82) is 0 Å². The third kappa shape index (κ3) is 4.24. The smallest absolute Gasteiger partial charge is 0.343 e. The molecule has 2 fully saturated rings. The summed E-state index contributed by atoms with van der Waals surface area (Å²) >= 11 is 0. The van der Waals surface area contributed by atoms with Crippen LogP contribution in [-0.4, -0.2) is 90.5 Å². The van der Waals surface area contributed by atoms with Crippen LogP contribution in [0.5, 0.6) is 5.75 Å². The molecule has 218 valence electrons. The normalized spacial score (nSPS) is 31.9. The molecule has 7 atom stereocenters. The highest BCUT2D eigenvalue weighted by Crippen LogP contribution is 2.49. The molecule has 1 aromatic heterocycles. The molecule has 41 heavy (non-hydrogen) atoms. The van der Waals surface area contributed by atoms with Crippen molar-refractivity contribution >= 4 is 38.4 Å². The molecule has 1 aliphatic heterocycles. The van der Waals surface area contributed by atoms with Gasteiger partial charge in [-0.25, -0.2) is 4.79 Å². The minimum atomic E-state index is -2.76. The standard InChI is InChI=1S/C30H34N2O9/c1-2-31-19-11-18(13-33)29(38,12-19)30(39)27(36)24(35)26(41-30)28(37)40-25-22(14-34)32-21-8-7-17-9-15-5-3-4-6-16(15)10-20(17)23(21)25/h3-10,18-19,24,26-27,31-36,38-39H,2,11-14H2,1H3. The molecular formula is C30H34N2O9. The lowest BCUT2D eigenvalue weighted by Crippen LogP contribution is -2.63. The summed E-state index contributed by atoms with van der Waals surface area (Å²) in [5.41, 5.74) is -1.36. The third-order valence-electron chi connectivity index (χ3n) is 8.74. The van der Waals surface area contributed by atoms with Crippen LogP contribution in [0.15, 0.2) is 48.5 Å². The number of fused-ring (bicyclic) bond motifs is 4. The zero-order chi connectivity index (χ0) is 29.1. The van der Waals surface area contributed by atoms with E-state index in [9.17, 15) is 35.4 Å². The first-order valence-electron chi connectivity index (χ1n) is 13.8. The summed E-state index contributed by atoms with van der Waals surface area (Å²) in [6.07, 6.45) is -5.71. The minimum Gasteiger partial charge on any atom is -0.422 e. The van der Waals surface area contributed by atoms with Crippen LogP contribution in [0, 0.1) is 5.92 Å². The van der Waals surface area contributed by atoms with E-state index in [-0.39, 0.29) is 30.3 Å². The average molecular weight is 567 g/mol. The number of carbonyl (C=O) groups is 1. The zero-order valence-corrected chi connectivity index (χ0v) is 22.4. The number of ether oxygens (including phenoxy) is 2. The monoisotopic (exact) mass is 566 g/mol. The highest BCUT2D eigenvalue weighted by atomic mass is 16.7. The summed E-state index contributed by atoms with van der Waals surface area (Å²) < 4.78 is 11.3. The summed E-state index contributed by atoms with van der Waals surface area (Å²) in [4.78, 5) is 16.5. The van der Waals surface area contributed by atoms with Gasteiger partial charge in [-0.15, -0.1) is 0 Å². The van der Waals surface area contributed by atoms with Crippen LogP contribution in [0.4, 0.5) is 0 Å². The molecule has 3 aromatic carbocycles. The molecule has 0 radical (unpaired) electrons. The van der Waals surface area contributed by atoms with Gasteiger partial charge in [-0.2, -0.15) is 0 Å². The maximum Gasteiger partial charge on any atom is 0.343 e. The predicted molar refractivity (Wildman–Crippen MR) is 149 cm³/mol. The Labute approximate surface area is 234 Å². The first-order chi connectivity index (χ1) is 19.6. The summed E-state index contributed by atoms with van der Waals surface area (Å²) in [5, 5.41) is 72.0. The SMILES string of the molecule is CCNC1CC(CO)C(O)(C2(O)OC(C(=O)Oc3c(CO)[nH]c4ccc5cc6ccccc6cc5c34)C(O)C2O)C1. The van der Waals surface area contributed by atoms with Gasteiger partial charge in [0, 0.05) is 18.6 Å².